The molecule has 0 unspecified atom stereocenters. The number of rotatable bonds is 8. The molecule has 1 aromatic carbocycles. The second-order valence-electron chi connectivity index (χ2n) is 4.02. The van der Waals surface area contributed by atoms with Crippen molar-refractivity contribution in [1.29, 1.82) is 0 Å². The van der Waals surface area contributed by atoms with E-state index in [2.05, 4.69) is 0 Å². The summed E-state index contributed by atoms with van der Waals surface area (Å²) >= 11 is 0. The third-order valence-corrected chi connectivity index (χ3v) is 2.48. The Hall–Kier alpha value is -1.64. The van der Waals surface area contributed by atoms with Gasteiger partial charge in [-0.1, -0.05) is 12.1 Å². The average Bonchev–Trinajstić information content (AvgIpc) is 2.33. The molecular weight excluding hydrogens is 216 g/mol. The van der Waals surface area contributed by atoms with Gasteiger partial charge in [0.15, 0.2) is 6.29 Å². The van der Waals surface area contributed by atoms with Gasteiger partial charge in [-0.25, -0.2) is 0 Å². The molecule has 0 saturated carbocycles. The van der Waals surface area contributed by atoms with Gasteiger partial charge in [0.05, 0.1) is 12.2 Å². The van der Waals surface area contributed by atoms with Gasteiger partial charge >= 0.3 is 0 Å². The minimum atomic E-state index is 0.234. The van der Waals surface area contributed by atoms with E-state index in [9.17, 15) is 9.59 Å². The van der Waals surface area contributed by atoms with Crippen molar-refractivity contribution in [2.45, 2.75) is 32.6 Å². The van der Waals surface area contributed by atoms with Crippen LogP contribution in [0.15, 0.2) is 24.3 Å². The molecular formula is C14H18O3. The fraction of sp³-hybridized carbons (Fsp3) is 0.429. The summed E-state index contributed by atoms with van der Waals surface area (Å²) in [5.41, 5.74) is 0.580. The Balaban J connectivity index is 2.22. The van der Waals surface area contributed by atoms with E-state index in [-0.39, 0.29) is 5.78 Å². The number of carbonyl (C=O) groups excluding carboxylic acids is 2. The van der Waals surface area contributed by atoms with Crippen LogP contribution in [0.25, 0.3) is 0 Å². The Labute approximate surface area is 102 Å². The third-order valence-electron chi connectivity index (χ3n) is 2.48. The summed E-state index contributed by atoms with van der Waals surface area (Å²) in [6.45, 7) is 2.19. The number of hydrogen-bond donors (Lipinski definition) is 0. The van der Waals surface area contributed by atoms with Gasteiger partial charge in [-0.3, -0.25) is 4.79 Å². The van der Waals surface area contributed by atoms with E-state index in [1.165, 1.54) is 0 Å². The lowest BCUT2D eigenvalue weighted by atomic mass is 10.1. The highest BCUT2D eigenvalue weighted by atomic mass is 16.5. The summed E-state index contributed by atoms with van der Waals surface area (Å²) in [5.74, 6) is 0.867. The molecule has 0 N–H and O–H groups in total. The van der Waals surface area contributed by atoms with Crippen LogP contribution in [0.3, 0.4) is 0 Å². The first-order valence-electron chi connectivity index (χ1n) is 5.90. The smallest absolute Gasteiger partial charge is 0.153 e. The number of hydrogen-bond acceptors (Lipinski definition) is 3. The van der Waals surface area contributed by atoms with Crippen LogP contribution >= 0.6 is 0 Å². The van der Waals surface area contributed by atoms with Crippen molar-refractivity contribution in [3.63, 3.8) is 0 Å². The highest BCUT2D eigenvalue weighted by molar-refractivity contribution is 5.79. The number of unbranched alkanes of at least 4 members (excludes halogenated alkanes) is 2. The Morgan fingerprint density at radius 3 is 2.71 bits per heavy atom. The zero-order chi connectivity index (χ0) is 12.5. The Bertz CT molecular complexity index is 371. The quantitative estimate of drug-likeness (QED) is 0.513. The molecule has 0 saturated heterocycles. The van der Waals surface area contributed by atoms with Crippen LogP contribution in [0.2, 0.25) is 0 Å². The lowest BCUT2D eigenvalue weighted by Gasteiger charge is -2.07. The maximum Gasteiger partial charge on any atom is 0.153 e. The highest BCUT2D eigenvalue weighted by Crippen LogP contribution is 2.16. The number of aldehydes is 1. The van der Waals surface area contributed by atoms with Gasteiger partial charge in [0.25, 0.3) is 0 Å². The highest BCUT2D eigenvalue weighted by Gasteiger charge is 2.00. The molecule has 0 amide bonds. The van der Waals surface area contributed by atoms with Crippen molar-refractivity contribution in [3.8, 4) is 5.75 Å². The summed E-state index contributed by atoms with van der Waals surface area (Å²) in [6, 6.07) is 7.18. The summed E-state index contributed by atoms with van der Waals surface area (Å²) in [6.07, 6.45) is 4.23. The molecule has 1 rings (SSSR count). The fourth-order valence-corrected chi connectivity index (χ4v) is 1.54. The summed E-state index contributed by atoms with van der Waals surface area (Å²) in [7, 11) is 0. The molecule has 1 aromatic rings. The minimum absolute atomic E-state index is 0.234. The molecule has 0 aliphatic carbocycles. The van der Waals surface area contributed by atoms with Gasteiger partial charge in [0.1, 0.15) is 11.5 Å². The van der Waals surface area contributed by atoms with Gasteiger partial charge in [-0.2, -0.15) is 0 Å². The first-order chi connectivity index (χ1) is 8.24. The molecule has 0 aromatic heterocycles. The molecule has 0 spiro atoms. The molecule has 17 heavy (non-hydrogen) atoms. The topological polar surface area (TPSA) is 43.4 Å². The van der Waals surface area contributed by atoms with E-state index < -0.39 is 0 Å². The number of ether oxygens (including phenoxy) is 1. The number of carbonyl (C=O) groups is 2. The summed E-state index contributed by atoms with van der Waals surface area (Å²) in [4.78, 5) is 21.4. The molecule has 3 nitrogen and oxygen atoms in total. The lowest BCUT2D eigenvalue weighted by Crippen LogP contribution is -2.00. The molecule has 0 aliphatic rings. The van der Waals surface area contributed by atoms with Gasteiger partial charge in [0.2, 0.25) is 0 Å². The largest absolute Gasteiger partial charge is 0.493 e. The van der Waals surface area contributed by atoms with Crippen LogP contribution in [0.4, 0.5) is 0 Å². The maximum absolute atomic E-state index is 10.7. The molecule has 0 fully saturated rings. The molecule has 0 radical (unpaired) electrons. The molecule has 3 heteroatoms. The first kappa shape index (κ1) is 13.4. The Morgan fingerprint density at radius 2 is 2.00 bits per heavy atom. The summed E-state index contributed by atoms with van der Waals surface area (Å²) < 4.78 is 5.52. The number of benzene rings is 1. The lowest BCUT2D eigenvalue weighted by molar-refractivity contribution is -0.117. The maximum atomic E-state index is 10.7. The first-order valence-corrected chi connectivity index (χ1v) is 5.90. The van der Waals surface area contributed by atoms with Crippen LogP contribution in [-0.2, 0) is 4.79 Å². The van der Waals surface area contributed by atoms with Gasteiger partial charge < -0.3 is 9.53 Å². The Kier molecular flexibility index (Phi) is 6.00. The molecule has 92 valence electrons. The number of para-hydroxylation sites is 1. The van der Waals surface area contributed by atoms with Crippen molar-refractivity contribution in [2.24, 2.45) is 0 Å². The molecule has 0 heterocycles. The second kappa shape index (κ2) is 7.60. The fourth-order valence-electron chi connectivity index (χ4n) is 1.54. The SMILES string of the molecule is CC(=O)CCCCCOc1ccccc1C=O. The average molecular weight is 234 g/mol. The third kappa shape index (κ3) is 5.29. The monoisotopic (exact) mass is 234 g/mol. The van der Waals surface area contributed by atoms with E-state index in [1.807, 2.05) is 12.1 Å². The summed E-state index contributed by atoms with van der Waals surface area (Å²) in [5, 5.41) is 0. The molecule has 0 aliphatic heterocycles. The Morgan fingerprint density at radius 1 is 1.24 bits per heavy atom. The van der Waals surface area contributed by atoms with Crippen molar-refractivity contribution in [3.05, 3.63) is 29.8 Å². The minimum Gasteiger partial charge on any atom is -0.493 e. The number of ketones is 1. The zero-order valence-electron chi connectivity index (χ0n) is 10.1. The van der Waals surface area contributed by atoms with Crippen LogP contribution in [0.1, 0.15) is 43.0 Å². The molecule has 0 atom stereocenters. The standard InChI is InChI=1S/C14H18O3/c1-12(16)7-3-2-6-10-17-14-9-5-4-8-13(14)11-15/h4-5,8-9,11H,2-3,6-7,10H2,1H3. The van der Waals surface area contributed by atoms with Gasteiger partial charge in [-0.15, -0.1) is 0 Å². The molecule has 0 bridgehead atoms. The van der Waals surface area contributed by atoms with Gasteiger partial charge in [0, 0.05) is 6.42 Å². The van der Waals surface area contributed by atoms with E-state index >= 15 is 0 Å². The van der Waals surface area contributed by atoms with Crippen molar-refractivity contribution in [2.75, 3.05) is 6.61 Å². The normalized spacial score (nSPS) is 9.94. The van der Waals surface area contributed by atoms with Crippen molar-refractivity contribution in [1.82, 2.24) is 0 Å². The van der Waals surface area contributed by atoms with Crippen LogP contribution in [0, 0.1) is 0 Å². The second-order valence-corrected chi connectivity index (χ2v) is 4.02. The van der Waals surface area contributed by atoms with Crippen LogP contribution in [0.5, 0.6) is 5.75 Å². The number of Topliss-reactive ketones (excluding diaryl/α,β-unsaturated/α-hetero) is 1. The van der Waals surface area contributed by atoms with E-state index in [0.717, 1.165) is 25.5 Å². The van der Waals surface area contributed by atoms with E-state index in [0.29, 0.717) is 24.3 Å². The predicted molar refractivity (Wildman–Crippen MR) is 66.5 cm³/mol. The van der Waals surface area contributed by atoms with Crippen molar-refractivity contribution < 1.29 is 14.3 Å². The van der Waals surface area contributed by atoms with Gasteiger partial charge in [-0.05, 0) is 38.3 Å². The van der Waals surface area contributed by atoms with Crippen LogP contribution in [-0.4, -0.2) is 18.7 Å². The van der Waals surface area contributed by atoms with Crippen molar-refractivity contribution >= 4 is 12.1 Å². The predicted octanol–water partition coefficient (Wildman–Crippen LogP) is 3.03. The van der Waals surface area contributed by atoms with Crippen LogP contribution < -0.4 is 4.74 Å². The van der Waals surface area contributed by atoms with E-state index in [1.54, 1.807) is 19.1 Å². The van der Waals surface area contributed by atoms with E-state index in [4.69, 9.17) is 4.74 Å². The zero-order valence-corrected chi connectivity index (χ0v) is 10.1.